The molecule has 0 amide bonds. The summed E-state index contributed by atoms with van der Waals surface area (Å²) in [6.45, 7) is 5.40. The molecule has 0 saturated heterocycles. The highest BCUT2D eigenvalue weighted by Crippen LogP contribution is 2.32. The van der Waals surface area contributed by atoms with E-state index < -0.39 is 6.10 Å². The molecule has 3 aromatic carbocycles. The average molecular weight is 435 g/mol. The molecule has 0 fully saturated rings. The van der Waals surface area contributed by atoms with Crippen LogP contribution < -0.4 is 18.9 Å². The molecule has 0 aliphatic carbocycles. The van der Waals surface area contributed by atoms with E-state index in [2.05, 4.69) is 0 Å². The van der Waals surface area contributed by atoms with Gasteiger partial charge in [0.25, 0.3) is 0 Å². The van der Waals surface area contributed by atoms with E-state index in [4.69, 9.17) is 18.9 Å². The molecule has 3 rings (SSSR count). The number of hydrogen-bond acceptors (Lipinski definition) is 5. The maximum absolute atomic E-state index is 10.9. The summed E-state index contributed by atoms with van der Waals surface area (Å²) in [4.78, 5) is 0. The Labute approximate surface area is 189 Å². The molecule has 0 aromatic heterocycles. The first-order valence-electron chi connectivity index (χ1n) is 10.7. The van der Waals surface area contributed by atoms with Crippen molar-refractivity contribution in [2.45, 2.75) is 26.6 Å². The van der Waals surface area contributed by atoms with Crippen molar-refractivity contribution in [3.05, 3.63) is 89.5 Å². The van der Waals surface area contributed by atoms with Gasteiger partial charge in [-0.3, -0.25) is 0 Å². The van der Waals surface area contributed by atoms with Crippen LogP contribution in [0.2, 0.25) is 0 Å². The van der Waals surface area contributed by atoms with Crippen LogP contribution >= 0.6 is 0 Å². The molecule has 1 unspecified atom stereocenters. The molecule has 0 aliphatic rings. The molecule has 5 nitrogen and oxygen atoms in total. The Morgan fingerprint density at radius 2 is 1.47 bits per heavy atom. The van der Waals surface area contributed by atoms with E-state index in [-0.39, 0.29) is 0 Å². The lowest BCUT2D eigenvalue weighted by Crippen LogP contribution is -2.03. The van der Waals surface area contributed by atoms with Gasteiger partial charge in [-0.05, 0) is 43.7 Å². The fourth-order valence-electron chi connectivity index (χ4n) is 3.26. The third-order valence-corrected chi connectivity index (χ3v) is 4.83. The normalized spacial score (nSPS) is 11.9. The van der Waals surface area contributed by atoms with E-state index >= 15 is 0 Å². The summed E-state index contributed by atoms with van der Waals surface area (Å²) in [6.07, 6.45) is 2.67. The predicted molar refractivity (Wildman–Crippen MR) is 127 cm³/mol. The minimum Gasteiger partial charge on any atom is -0.496 e. The largest absolute Gasteiger partial charge is 0.496 e. The smallest absolute Gasteiger partial charge is 0.129 e. The number of rotatable bonds is 11. The van der Waals surface area contributed by atoms with Crippen LogP contribution in [0.15, 0.2) is 72.8 Å². The van der Waals surface area contributed by atoms with E-state index in [0.717, 1.165) is 16.9 Å². The van der Waals surface area contributed by atoms with Gasteiger partial charge < -0.3 is 24.1 Å². The monoisotopic (exact) mass is 434 g/mol. The van der Waals surface area contributed by atoms with E-state index in [9.17, 15) is 5.11 Å². The molecule has 168 valence electrons. The highest BCUT2D eigenvalue weighted by molar-refractivity contribution is 5.60. The number of methoxy groups -OCH3 is 1. The number of aliphatic hydroxyl groups excluding tert-OH is 1. The second-order valence-corrected chi connectivity index (χ2v) is 7.05. The first-order valence-corrected chi connectivity index (χ1v) is 10.7. The lowest BCUT2D eigenvalue weighted by atomic mass is 10.1. The van der Waals surface area contributed by atoms with Gasteiger partial charge in [0.1, 0.15) is 35.7 Å². The highest BCUT2D eigenvalue weighted by atomic mass is 16.5. The minimum atomic E-state index is -0.868. The zero-order valence-electron chi connectivity index (χ0n) is 18.8. The van der Waals surface area contributed by atoms with Gasteiger partial charge in [-0.1, -0.05) is 42.5 Å². The second-order valence-electron chi connectivity index (χ2n) is 7.05. The van der Waals surface area contributed by atoms with Crippen molar-refractivity contribution < 1.29 is 24.1 Å². The third-order valence-electron chi connectivity index (χ3n) is 4.83. The van der Waals surface area contributed by atoms with Gasteiger partial charge in [-0.15, -0.1) is 0 Å². The van der Waals surface area contributed by atoms with Crippen molar-refractivity contribution >= 4 is 6.08 Å². The van der Waals surface area contributed by atoms with Gasteiger partial charge in [-0.2, -0.15) is 0 Å². The topological polar surface area (TPSA) is 57.2 Å². The van der Waals surface area contributed by atoms with Crippen molar-refractivity contribution in [2.24, 2.45) is 0 Å². The molecule has 0 radical (unpaired) electrons. The van der Waals surface area contributed by atoms with Gasteiger partial charge in [-0.25, -0.2) is 0 Å². The summed E-state index contributed by atoms with van der Waals surface area (Å²) >= 11 is 0. The zero-order chi connectivity index (χ0) is 22.8. The van der Waals surface area contributed by atoms with Crippen molar-refractivity contribution in [3.8, 4) is 23.0 Å². The molecule has 3 aromatic rings. The number of hydrogen-bond donors (Lipinski definition) is 1. The summed E-state index contributed by atoms with van der Waals surface area (Å²) < 4.78 is 22.7. The maximum atomic E-state index is 10.9. The number of ether oxygens (including phenoxy) is 4. The minimum absolute atomic E-state index is 0.395. The summed E-state index contributed by atoms with van der Waals surface area (Å²) in [5.41, 5.74) is 2.54. The lowest BCUT2D eigenvalue weighted by Gasteiger charge is -2.16. The van der Waals surface area contributed by atoms with Gasteiger partial charge in [0.05, 0.1) is 20.3 Å². The summed E-state index contributed by atoms with van der Waals surface area (Å²) in [5, 5.41) is 10.9. The molecule has 32 heavy (non-hydrogen) atoms. The van der Waals surface area contributed by atoms with Crippen LogP contribution in [0.4, 0.5) is 0 Å². The van der Waals surface area contributed by atoms with E-state index in [1.807, 2.05) is 86.7 Å². The fourth-order valence-corrected chi connectivity index (χ4v) is 3.26. The molecule has 0 bridgehead atoms. The summed E-state index contributed by atoms with van der Waals surface area (Å²) in [6, 6.07) is 21.0. The van der Waals surface area contributed by atoms with E-state index in [1.165, 1.54) is 0 Å². The van der Waals surface area contributed by atoms with Gasteiger partial charge >= 0.3 is 0 Å². The van der Waals surface area contributed by atoms with Crippen molar-refractivity contribution in [2.75, 3.05) is 20.3 Å². The zero-order valence-corrected chi connectivity index (χ0v) is 18.8. The van der Waals surface area contributed by atoms with Gasteiger partial charge in [0.15, 0.2) is 0 Å². The lowest BCUT2D eigenvalue weighted by molar-refractivity contribution is 0.216. The van der Waals surface area contributed by atoms with Gasteiger partial charge in [0, 0.05) is 23.3 Å². The van der Waals surface area contributed by atoms with Crippen LogP contribution in [0.25, 0.3) is 6.08 Å². The van der Waals surface area contributed by atoms with Crippen molar-refractivity contribution in [1.82, 2.24) is 0 Å². The standard InChI is InChI=1S/C27H30O5/c1-4-30-22-13-11-21(26(17-22)29-3)12-16-25(28)24-15-14-23(31-5-2)18-27(24)32-19-20-9-7-6-8-10-20/h6-18,25,28H,4-5,19H2,1-3H3. The molecule has 0 heterocycles. The number of aliphatic hydroxyl groups is 1. The molecule has 1 atom stereocenters. The third kappa shape index (κ3) is 6.28. The number of benzene rings is 3. The van der Waals surface area contributed by atoms with E-state index in [0.29, 0.717) is 42.6 Å². The summed E-state index contributed by atoms with van der Waals surface area (Å²) in [5.74, 6) is 2.69. The Morgan fingerprint density at radius 3 is 2.12 bits per heavy atom. The Hall–Kier alpha value is -3.44. The molecular formula is C27H30O5. The maximum Gasteiger partial charge on any atom is 0.129 e. The molecular weight excluding hydrogens is 404 g/mol. The van der Waals surface area contributed by atoms with Crippen LogP contribution in [-0.4, -0.2) is 25.4 Å². The highest BCUT2D eigenvalue weighted by Gasteiger charge is 2.14. The quantitative estimate of drug-likeness (QED) is 0.412. The van der Waals surface area contributed by atoms with Crippen LogP contribution in [0.5, 0.6) is 23.0 Å². The first kappa shape index (κ1) is 23.2. The van der Waals surface area contributed by atoms with Crippen molar-refractivity contribution in [1.29, 1.82) is 0 Å². The SMILES string of the molecule is CCOc1ccc(C=CC(O)c2ccc(OCC)cc2OCc2ccccc2)c(OC)c1. The van der Waals surface area contributed by atoms with Crippen molar-refractivity contribution in [3.63, 3.8) is 0 Å². The summed E-state index contributed by atoms with van der Waals surface area (Å²) in [7, 11) is 1.61. The van der Waals surface area contributed by atoms with Crippen LogP contribution in [0.1, 0.15) is 36.6 Å². The second kappa shape index (κ2) is 11.8. The average Bonchev–Trinajstić information content (AvgIpc) is 2.82. The molecule has 0 saturated carbocycles. The predicted octanol–water partition coefficient (Wildman–Crippen LogP) is 5.82. The Balaban J connectivity index is 1.82. The fraction of sp³-hybridized carbons (Fsp3) is 0.259. The molecule has 5 heteroatoms. The molecule has 1 N–H and O–H groups in total. The Bertz CT molecular complexity index is 1010. The molecule has 0 aliphatic heterocycles. The van der Waals surface area contributed by atoms with Crippen LogP contribution in [-0.2, 0) is 6.61 Å². The molecule has 0 spiro atoms. The van der Waals surface area contributed by atoms with Crippen LogP contribution in [0.3, 0.4) is 0 Å². The van der Waals surface area contributed by atoms with E-state index in [1.54, 1.807) is 13.2 Å². The first-order chi connectivity index (χ1) is 15.6. The Kier molecular flexibility index (Phi) is 8.58. The van der Waals surface area contributed by atoms with Gasteiger partial charge in [0.2, 0.25) is 0 Å². The van der Waals surface area contributed by atoms with Crippen LogP contribution in [0, 0.1) is 0 Å². The Morgan fingerprint density at radius 1 is 0.812 bits per heavy atom.